The van der Waals surface area contributed by atoms with E-state index in [0.717, 1.165) is 27.4 Å². The summed E-state index contributed by atoms with van der Waals surface area (Å²) in [5.74, 6) is 0.804. The van der Waals surface area contributed by atoms with Crippen LogP contribution in [0.15, 0.2) is 48.5 Å². The first kappa shape index (κ1) is 21.8. The zero-order chi connectivity index (χ0) is 20.9. The van der Waals surface area contributed by atoms with Gasteiger partial charge >= 0.3 is 0 Å². The minimum atomic E-state index is -3.59. The molecule has 0 spiro atoms. The summed E-state index contributed by atoms with van der Waals surface area (Å²) in [4.78, 5) is 14.2. The third kappa shape index (κ3) is 5.73. The molecule has 2 aromatic rings. The van der Waals surface area contributed by atoms with Crippen LogP contribution in [0.5, 0.6) is 5.75 Å². The maximum atomic E-state index is 12.7. The lowest BCUT2D eigenvalue weighted by atomic mass is 10.0. The third-order valence-electron chi connectivity index (χ3n) is 4.53. The van der Waals surface area contributed by atoms with Gasteiger partial charge in [-0.3, -0.25) is 9.10 Å². The lowest BCUT2D eigenvalue weighted by molar-refractivity contribution is -0.128. The molecule has 0 saturated carbocycles. The highest BCUT2D eigenvalue weighted by molar-refractivity contribution is 7.92. The van der Waals surface area contributed by atoms with Crippen molar-refractivity contribution in [2.45, 2.75) is 26.3 Å². The first-order valence-electron chi connectivity index (χ1n) is 9.06. The van der Waals surface area contributed by atoms with E-state index in [1.54, 1.807) is 26.3 Å². The highest BCUT2D eigenvalue weighted by atomic mass is 32.2. The molecule has 6 nitrogen and oxygen atoms in total. The van der Waals surface area contributed by atoms with Crippen molar-refractivity contribution in [3.05, 3.63) is 59.7 Å². The second-order valence-electron chi connectivity index (χ2n) is 7.11. The smallest absolute Gasteiger partial charge is 0.243 e. The van der Waals surface area contributed by atoms with Gasteiger partial charge in [-0.2, -0.15) is 0 Å². The Morgan fingerprint density at radius 2 is 1.61 bits per heavy atom. The summed E-state index contributed by atoms with van der Waals surface area (Å²) in [5.41, 5.74) is 2.53. The Morgan fingerprint density at radius 1 is 1.04 bits per heavy atom. The molecule has 2 aromatic carbocycles. The lowest BCUT2D eigenvalue weighted by Crippen LogP contribution is -2.41. The van der Waals surface area contributed by atoms with Crippen molar-refractivity contribution in [2.75, 3.05) is 31.3 Å². The molecular weight excluding hydrogens is 376 g/mol. The number of anilines is 1. The number of benzene rings is 2. The highest BCUT2D eigenvalue weighted by Gasteiger charge is 2.23. The number of carbonyl (C=O) groups is 1. The molecule has 0 saturated heterocycles. The van der Waals surface area contributed by atoms with E-state index in [-0.39, 0.29) is 12.5 Å². The van der Waals surface area contributed by atoms with Crippen LogP contribution in [-0.2, 0) is 21.4 Å². The van der Waals surface area contributed by atoms with Crippen molar-refractivity contribution in [1.82, 2.24) is 4.90 Å². The molecule has 0 N–H and O–H groups in total. The Bertz CT molecular complexity index is 891. The van der Waals surface area contributed by atoms with Crippen LogP contribution in [0, 0.1) is 0 Å². The van der Waals surface area contributed by atoms with Gasteiger partial charge in [-0.1, -0.05) is 38.1 Å². The van der Waals surface area contributed by atoms with Gasteiger partial charge in [0.2, 0.25) is 15.9 Å². The van der Waals surface area contributed by atoms with E-state index >= 15 is 0 Å². The van der Waals surface area contributed by atoms with Crippen LogP contribution in [-0.4, -0.2) is 46.2 Å². The molecule has 0 aliphatic rings. The van der Waals surface area contributed by atoms with E-state index in [0.29, 0.717) is 18.2 Å². The number of ether oxygens (including phenoxy) is 1. The topological polar surface area (TPSA) is 66.9 Å². The quantitative estimate of drug-likeness (QED) is 0.677. The lowest BCUT2D eigenvalue weighted by Gasteiger charge is -2.25. The van der Waals surface area contributed by atoms with Crippen LogP contribution in [0.2, 0.25) is 0 Å². The average molecular weight is 405 g/mol. The fourth-order valence-electron chi connectivity index (χ4n) is 2.76. The number of sulfonamides is 1. The highest BCUT2D eigenvalue weighted by Crippen LogP contribution is 2.22. The largest absolute Gasteiger partial charge is 0.497 e. The van der Waals surface area contributed by atoms with E-state index in [4.69, 9.17) is 4.74 Å². The molecule has 0 aromatic heterocycles. The van der Waals surface area contributed by atoms with Crippen molar-refractivity contribution in [1.29, 1.82) is 0 Å². The Labute approximate surface area is 167 Å². The minimum absolute atomic E-state index is 0.244. The summed E-state index contributed by atoms with van der Waals surface area (Å²) in [6.07, 6.45) is 1.11. The summed E-state index contributed by atoms with van der Waals surface area (Å²) in [7, 11) is -0.335. The van der Waals surface area contributed by atoms with E-state index in [2.05, 4.69) is 13.8 Å². The molecular formula is C21H28N2O4S. The number of likely N-dealkylation sites (N-methyl/N-ethyl adjacent to an activating group) is 1. The Balaban J connectivity index is 2.13. The van der Waals surface area contributed by atoms with E-state index in [1.807, 2.05) is 36.4 Å². The first-order chi connectivity index (χ1) is 13.1. The molecule has 0 heterocycles. The summed E-state index contributed by atoms with van der Waals surface area (Å²) in [6, 6.07) is 14.7. The summed E-state index contributed by atoms with van der Waals surface area (Å²) in [5, 5.41) is 0. The zero-order valence-corrected chi connectivity index (χ0v) is 17.9. The van der Waals surface area contributed by atoms with Crippen LogP contribution in [0.25, 0.3) is 0 Å². The Kier molecular flexibility index (Phi) is 7.07. The molecule has 0 bridgehead atoms. The van der Waals surface area contributed by atoms with E-state index in [1.165, 1.54) is 4.90 Å². The molecule has 0 aliphatic carbocycles. The van der Waals surface area contributed by atoms with Gasteiger partial charge in [-0.15, -0.1) is 0 Å². The number of methoxy groups -OCH3 is 1. The fourth-order valence-corrected chi connectivity index (χ4v) is 3.61. The van der Waals surface area contributed by atoms with Crippen molar-refractivity contribution in [2.24, 2.45) is 0 Å². The SMILES string of the molecule is COc1ccc(CN(C)C(=O)CN(c2ccc(C(C)C)cc2)S(C)(=O)=O)cc1. The van der Waals surface area contributed by atoms with Crippen molar-refractivity contribution in [3.8, 4) is 5.75 Å². The molecule has 0 aliphatic heterocycles. The first-order valence-corrected chi connectivity index (χ1v) is 10.9. The number of hydrogen-bond donors (Lipinski definition) is 0. The van der Waals surface area contributed by atoms with E-state index < -0.39 is 10.0 Å². The van der Waals surface area contributed by atoms with Crippen molar-refractivity contribution >= 4 is 21.6 Å². The monoisotopic (exact) mass is 404 g/mol. The normalized spacial score (nSPS) is 11.4. The summed E-state index contributed by atoms with van der Waals surface area (Å²) in [6.45, 7) is 4.28. The number of nitrogens with zero attached hydrogens (tertiary/aromatic N) is 2. The van der Waals surface area contributed by atoms with Gasteiger partial charge in [0.05, 0.1) is 19.1 Å². The maximum absolute atomic E-state index is 12.7. The van der Waals surface area contributed by atoms with Gasteiger partial charge in [0.25, 0.3) is 0 Å². The Hall–Kier alpha value is -2.54. The standard InChI is InChI=1S/C21H28N2O4S/c1-16(2)18-8-10-19(11-9-18)23(28(5,25)26)15-21(24)22(3)14-17-6-12-20(27-4)13-7-17/h6-13,16H,14-15H2,1-5H3. The molecule has 7 heteroatoms. The molecule has 0 radical (unpaired) electrons. The van der Waals surface area contributed by atoms with Crippen LogP contribution in [0.1, 0.15) is 30.9 Å². The predicted molar refractivity (Wildman–Crippen MR) is 112 cm³/mol. The van der Waals surface area contributed by atoms with E-state index in [9.17, 15) is 13.2 Å². The molecule has 28 heavy (non-hydrogen) atoms. The fraction of sp³-hybridized carbons (Fsp3) is 0.381. The van der Waals surface area contributed by atoms with Crippen molar-refractivity contribution < 1.29 is 17.9 Å². The van der Waals surface area contributed by atoms with Gasteiger partial charge in [-0.25, -0.2) is 8.42 Å². The van der Waals surface area contributed by atoms with Gasteiger partial charge in [0, 0.05) is 13.6 Å². The average Bonchev–Trinajstić information content (AvgIpc) is 2.65. The van der Waals surface area contributed by atoms with Crippen molar-refractivity contribution in [3.63, 3.8) is 0 Å². The molecule has 1 amide bonds. The second kappa shape index (κ2) is 9.10. The van der Waals surface area contributed by atoms with Gasteiger partial charge in [-0.05, 0) is 41.3 Å². The van der Waals surface area contributed by atoms with Crippen LogP contribution in [0.4, 0.5) is 5.69 Å². The number of amides is 1. The molecule has 152 valence electrons. The number of rotatable bonds is 8. The summed E-state index contributed by atoms with van der Waals surface area (Å²) >= 11 is 0. The second-order valence-corrected chi connectivity index (χ2v) is 9.02. The molecule has 0 atom stereocenters. The number of hydrogen-bond acceptors (Lipinski definition) is 4. The van der Waals surface area contributed by atoms with Crippen LogP contribution >= 0.6 is 0 Å². The molecule has 0 unspecified atom stereocenters. The minimum Gasteiger partial charge on any atom is -0.497 e. The van der Waals surface area contributed by atoms with Crippen LogP contribution in [0.3, 0.4) is 0 Å². The van der Waals surface area contributed by atoms with Crippen LogP contribution < -0.4 is 9.04 Å². The predicted octanol–water partition coefficient (Wildman–Crippen LogP) is 3.24. The number of carbonyl (C=O) groups excluding carboxylic acids is 1. The maximum Gasteiger partial charge on any atom is 0.243 e. The van der Waals surface area contributed by atoms with Gasteiger partial charge < -0.3 is 9.64 Å². The van der Waals surface area contributed by atoms with Gasteiger partial charge in [0.15, 0.2) is 0 Å². The zero-order valence-electron chi connectivity index (χ0n) is 17.0. The summed E-state index contributed by atoms with van der Waals surface area (Å²) < 4.78 is 30.8. The Morgan fingerprint density at radius 3 is 2.07 bits per heavy atom. The van der Waals surface area contributed by atoms with Gasteiger partial charge in [0.1, 0.15) is 12.3 Å². The molecule has 0 fully saturated rings. The molecule has 2 rings (SSSR count). The third-order valence-corrected chi connectivity index (χ3v) is 5.67.